The molecule has 2 aromatic heterocycles. The molecule has 0 unspecified atom stereocenters. The Morgan fingerprint density at radius 1 is 1.30 bits per heavy atom. The lowest BCUT2D eigenvalue weighted by atomic mass is 10.2. The van der Waals surface area contributed by atoms with Gasteiger partial charge in [0.1, 0.15) is 12.4 Å². The van der Waals surface area contributed by atoms with Gasteiger partial charge in [0.2, 0.25) is 0 Å². The summed E-state index contributed by atoms with van der Waals surface area (Å²) in [7, 11) is 0. The van der Waals surface area contributed by atoms with Crippen LogP contribution in [0.15, 0.2) is 51.8 Å². The van der Waals surface area contributed by atoms with Crippen LogP contribution in [0.5, 0.6) is 5.75 Å². The number of rotatable bonds is 4. The molecule has 0 spiro atoms. The Kier molecular flexibility index (Phi) is 3.25. The number of hydrogen-bond acceptors (Lipinski definition) is 4. The van der Waals surface area contributed by atoms with Gasteiger partial charge in [-0.2, -0.15) is 0 Å². The lowest BCUT2D eigenvalue weighted by molar-refractivity contribution is 0.294. The Balaban J connectivity index is 1.74. The van der Waals surface area contributed by atoms with Crippen LogP contribution in [0.25, 0.3) is 11.2 Å². The topological polar surface area (TPSA) is 57.3 Å². The Hall–Kier alpha value is -2.56. The Morgan fingerprint density at radius 3 is 3.05 bits per heavy atom. The fraction of sp³-hybridized carbons (Fsp3) is 0.200. The summed E-state index contributed by atoms with van der Waals surface area (Å²) in [5, 5.41) is 0. The average Bonchev–Trinajstić information content (AvgIpc) is 2.75. The second-order valence-electron chi connectivity index (χ2n) is 4.51. The molecular formula is C15H14N2O3. The Morgan fingerprint density at radius 2 is 2.20 bits per heavy atom. The zero-order chi connectivity index (χ0) is 13.9. The van der Waals surface area contributed by atoms with E-state index in [2.05, 4.69) is 4.98 Å². The summed E-state index contributed by atoms with van der Waals surface area (Å²) in [5.74, 6) is 0.380. The summed E-state index contributed by atoms with van der Waals surface area (Å²) in [6, 6.07) is 11.2. The third-order valence-corrected chi connectivity index (χ3v) is 3.00. The highest BCUT2D eigenvalue weighted by molar-refractivity contribution is 5.67. The quantitative estimate of drug-likeness (QED) is 0.730. The molecular weight excluding hydrogens is 256 g/mol. The number of aromatic nitrogens is 2. The van der Waals surface area contributed by atoms with Crippen molar-refractivity contribution in [3.8, 4) is 5.75 Å². The maximum atomic E-state index is 11.7. The van der Waals surface area contributed by atoms with Gasteiger partial charge in [0, 0.05) is 6.20 Å². The molecule has 1 aromatic carbocycles. The third kappa shape index (κ3) is 2.42. The molecule has 0 bridgehead atoms. The van der Waals surface area contributed by atoms with Crippen LogP contribution < -0.4 is 10.5 Å². The maximum Gasteiger partial charge on any atom is 0.421 e. The van der Waals surface area contributed by atoms with Gasteiger partial charge in [0.25, 0.3) is 0 Å². The van der Waals surface area contributed by atoms with Crippen LogP contribution in [0.2, 0.25) is 0 Å². The fourth-order valence-electron chi connectivity index (χ4n) is 2.06. The van der Waals surface area contributed by atoms with Crippen molar-refractivity contribution < 1.29 is 9.15 Å². The monoisotopic (exact) mass is 270 g/mol. The van der Waals surface area contributed by atoms with Crippen molar-refractivity contribution in [3.05, 3.63) is 58.7 Å². The van der Waals surface area contributed by atoms with E-state index in [1.165, 1.54) is 4.57 Å². The smallest absolute Gasteiger partial charge is 0.421 e. The summed E-state index contributed by atoms with van der Waals surface area (Å²) in [5.41, 5.74) is 2.17. The number of benzene rings is 1. The molecule has 0 saturated carbocycles. The van der Waals surface area contributed by atoms with Gasteiger partial charge in [0.15, 0.2) is 11.2 Å². The zero-order valence-corrected chi connectivity index (χ0v) is 11.1. The summed E-state index contributed by atoms with van der Waals surface area (Å²) in [6.07, 6.45) is 1.63. The van der Waals surface area contributed by atoms with E-state index in [1.807, 2.05) is 31.2 Å². The van der Waals surface area contributed by atoms with Crippen molar-refractivity contribution in [2.75, 3.05) is 6.61 Å². The summed E-state index contributed by atoms with van der Waals surface area (Å²) < 4.78 is 12.2. The lowest BCUT2D eigenvalue weighted by Crippen LogP contribution is -2.19. The minimum Gasteiger partial charge on any atom is -0.492 e. The summed E-state index contributed by atoms with van der Waals surface area (Å²) in [4.78, 5) is 15.9. The first kappa shape index (κ1) is 12.5. The average molecular weight is 270 g/mol. The van der Waals surface area contributed by atoms with Gasteiger partial charge in [-0.25, -0.2) is 9.78 Å². The predicted molar refractivity (Wildman–Crippen MR) is 74.9 cm³/mol. The molecule has 0 atom stereocenters. The van der Waals surface area contributed by atoms with Crippen molar-refractivity contribution in [1.29, 1.82) is 0 Å². The molecule has 0 fully saturated rings. The van der Waals surface area contributed by atoms with E-state index in [0.717, 1.165) is 11.3 Å². The van der Waals surface area contributed by atoms with Crippen molar-refractivity contribution in [3.63, 3.8) is 0 Å². The van der Waals surface area contributed by atoms with Crippen LogP contribution in [0.1, 0.15) is 5.56 Å². The lowest BCUT2D eigenvalue weighted by Gasteiger charge is -2.06. The van der Waals surface area contributed by atoms with Crippen LogP contribution >= 0.6 is 0 Å². The highest BCUT2D eigenvalue weighted by Gasteiger charge is 2.09. The first-order valence-corrected chi connectivity index (χ1v) is 6.38. The molecule has 0 N–H and O–H groups in total. The second kappa shape index (κ2) is 5.21. The van der Waals surface area contributed by atoms with Crippen LogP contribution in [0, 0.1) is 6.92 Å². The van der Waals surface area contributed by atoms with Gasteiger partial charge >= 0.3 is 5.76 Å². The minimum absolute atomic E-state index is 0.383. The molecule has 0 aliphatic heterocycles. The standard InChI is InChI=1S/C15H14N2O3/c1-11-4-2-5-12(10-11)19-9-8-17-14-13(20-15(17)18)6-3-7-16-14/h2-7,10H,8-9H2,1H3. The highest BCUT2D eigenvalue weighted by atomic mass is 16.5. The maximum absolute atomic E-state index is 11.7. The van der Waals surface area contributed by atoms with Crippen molar-refractivity contribution in [1.82, 2.24) is 9.55 Å². The molecule has 20 heavy (non-hydrogen) atoms. The van der Waals surface area contributed by atoms with Crippen molar-refractivity contribution in [2.45, 2.75) is 13.5 Å². The Bertz CT molecular complexity index is 789. The molecule has 3 aromatic rings. The molecule has 5 nitrogen and oxygen atoms in total. The zero-order valence-electron chi connectivity index (χ0n) is 11.1. The first-order valence-electron chi connectivity index (χ1n) is 6.38. The summed E-state index contributed by atoms with van der Waals surface area (Å²) in [6.45, 7) is 2.79. The van der Waals surface area contributed by atoms with Crippen LogP contribution in [-0.4, -0.2) is 16.2 Å². The van der Waals surface area contributed by atoms with E-state index in [4.69, 9.17) is 9.15 Å². The molecule has 102 valence electrons. The molecule has 0 radical (unpaired) electrons. The number of hydrogen-bond donors (Lipinski definition) is 0. The molecule has 0 aliphatic rings. The first-order chi connectivity index (χ1) is 9.74. The van der Waals surface area contributed by atoms with Gasteiger partial charge in [-0.05, 0) is 36.8 Å². The van der Waals surface area contributed by atoms with E-state index in [0.29, 0.717) is 24.4 Å². The third-order valence-electron chi connectivity index (χ3n) is 3.00. The predicted octanol–water partition coefficient (Wildman–Crippen LogP) is 2.38. The van der Waals surface area contributed by atoms with Crippen LogP contribution in [0.3, 0.4) is 0 Å². The molecule has 5 heteroatoms. The van der Waals surface area contributed by atoms with Crippen molar-refractivity contribution >= 4 is 11.2 Å². The molecule has 0 amide bonds. The van der Waals surface area contributed by atoms with Crippen molar-refractivity contribution in [2.24, 2.45) is 0 Å². The van der Waals surface area contributed by atoms with E-state index in [-0.39, 0.29) is 0 Å². The second-order valence-corrected chi connectivity index (χ2v) is 4.51. The molecule has 0 saturated heterocycles. The molecule has 0 aliphatic carbocycles. The van der Waals surface area contributed by atoms with Gasteiger partial charge in [-0.1, -0.05) is 12.1 Å². The van der Waals surface area contributed by atoms with Gasteiger partial charge < -0.3 is 9.15 Å². The van der Waals surface area contributed by atoms with Gasteiger partial charge in [-0.3, -0.25) is 4.57 Å². The number of nitrogens with zero attached hydrogens (tertiary/aromatic N) is 2. The van der Waals surface area contributed by atoms with E-state index < -0.39 is 5.76 Å². The highest BCUT2D eigenvalue weighted by Crippen LogP contribution is 2.13. The van der Waals surface area contributed by atoms with Crippen LogP contribution in [0.4, 0.5) is 0 Å². The number of fused-ring (bicyclic) bond motifs is 1. The normalized spacial score (nSPS) is 10.8. The van der Waals surface area contributed by atoms with Gasteiger partial charge in [-0.15, -0.1) is 0 Å². The number of pyridine rings is 1. The van der Waals surface area contributed by atoms with Crippen LogP contribution in [-0.2, 0) is 6.54 Å². The largest absolute Gasteiger partial charge is 0.492 e. The SMILES string of the molecule is Cc1cccc(OCCn2c(=O)oc3cccnc32)c1. The number of ether oxygens (including phenoxy) is 1. The number of aryl methyl sites for hydroxylation is 1. The molecule has 3 rings (SSSR count). The van der Waals surface area contributed by atoms with Gasteiger partial charge in [0.05, 0.1) is 6.54 Å². The van der Waals surface area contributed by atoms with E-state index in [1.54, 1.807) is 18.3 Å². The fourth-order valence-corrected chi connectivity index (χ4v) is 2.06. The van der Waals surface area contributed by atoms with E-state index in [9.17, 15) is 4.79 Å². The summed E-state index contributed by atoms with van der Waals surface area (Å²) >= 11 is 0. The molecule has 2 heterocycles. The number of oxazole rings is 1. The van der Waals surface area contributed by atoms with E-state index >= 15 is 0 Å². The Labute approximate surface area is 115 Å². The minimum atomic E-state index is -0.411.